The van der Waals surface area contributed by atoms with Gasteiger partial charge >= 0.3 is 0 Å². The van der Waals surface area contributed by atoms with E-state index in [2.05, 4.69) is 22.3 Å². The maximum absolute atomic E-state index is 11.6. The standard InChI is InChI=1S/C17H27N3O3.2ClH/c1-12(18)8-17(21)19-5-7-20-6-4-13-9-15(22-2)16(23-3)10-14(13)11-20;;/h9-10,12H,4-8,11,18H2,1-3H3,(H,19,21);2*1H. The van der Waals surface area contributed by atoms with Gasteiger partial charge in [0, 0.05) is 38.6 Å². The van der Waals surface area contributed by atoms with Crippen molar-refractivity contribution in [3.63, 3.8) is 0 Å². The number of benzene rings is 1. The number of nitrogens with two attached hydrogens (primary N) is 1. The Kier molecular flexibility index (Phi) is 10.9. The Morgan fingerprint density at radius 3 is 2.40 bits per heavy atom. The molecule has 0 aromatic heterocycles. The van der Waals surface area contributed by atoms with Gasteiger partial charge in [-0.3, -0.25) is 9.69 Å². The van der Waals surface area contributed by atoms with Crippen LogP contribution in [-0.4, -0.2) is 50.7 Å². The molecule has 0 saturated heterocycles. The van der Waals surface area contributed by atoms with Crippen molar-refractivity contribution in [3.05, 3.63) is 23.3 Å². The molecule has 0 saturated carbocycles. The van der Waals surface area contributed by atoms with Gasteiger partial charge in [0.1, 0.15) is 0 Å². The lowest BCUT2D eigenvalue weighted by molar-refractivity contribution is -0.121. The summed E-state index contributed by atoms with van der Waals surface area (Å²) in [5, 5.41) is 2.92. The maximum Gasteiger partial charge on any atom is 0.221 e. The van der Waals surface area contributed by atoms with Crippen LogP contribution in [0.4, 0.5) is 0 Å². The Labute approximate surface area is 162 Å². The van der Waals surface area contributed by atoms with E-state index in [4.69, 9.17) is 15.2 Å². The molecule has 8 heteroatoms. The molecule has 0 aliphatic carbocycles. The Morgan fingerprint density at radius 2 is 1.84 bits per heavy atom. The summed E-state index contributed by atoms with van der Waals surface area (Å²) in [6, 6.07) is 4.02. The topological polar surface area (TPSA) is 76.8 Å². The molecular weight excluding hydrogens is 365 g/mol. The largest absolute Gasteiger partial charge is 0.493 e. The van der Waals surface area contributed by atoms with Crippen LogP contribution < -0.4 is 20.5 Å². The van der Waals surface area contributed by atoms with Crippen LogP contribution in [0, 0.1) is 0 Å². The molecule has 1 aliphatic rings. The molecule has 1 aliphatic heterocycles. The molecule has 0 bridgehead atoms. The molecule has 1 atom stereocenters. The second kappa shape index (κ2) is 11.4. The van der Waals surface area contributed by atoms with Crippen LogP contribution in [0.2, 0.25) is 0 Å². The van der Waals surface area contributed by atoms with E-state index < -0.39 is 0 Å². The third-order valence-electron chi connectivity index (χ3n) is 4.05. The number of rotatable bonds is 7. The number of hydrogen-bond donors (Lipinski definition) is 2. The van der Waals surface area contributed by atoms with Gasteiger partial charge in [-0.25, -0.2) is 0 Å². The summed E-state index contributed by atoms with van der Waals surface area (Å²) in [6.07, 6.45) is 1.35. The Hall–Kier alpha value is -1.21. The second-order valence-electron chi connectivity index (χ2n) is 6.03. The number of carbonyl (C=O) groups excluding carboxylic acids is 1. The van der Waals surface area contributed by atoms with Crippen LogP contribution >= 0.6 is 24.8 Å². The number of amides is 1. The van der Waals surface area contributed by atoms with E-state index in [0.717, 1.165) is 37.6 Å². The highest BCUT2D eigenvalue weighted by molar-refractivity contribution is 5.85. The quantitative estimate of drug-likeness (QED) is 0.737. The predicted molar refractivity (Wildman–Crippen MR) is 104 cm³/mol. The third kappa shape index (κ3) is 6.90. The predicted octanol–water partition coefficient (Wildman–Crippen LogP) is 1.76. The number of methoxy groups -OCH3 is 2. The molecule has 0 fully saturated rings. The molecule has 1 aromatic rings. The summed E-state index contributed by atoms with van der Waals surface area (Å²) in [5.41, 5.74) is 8.18. The van der Waals surface area contributed by atoms with E-state index in [0.29, 0.717) is 13.0 Å². The number of hydrogen-bond acceptors (Lipinski definition) is 5. The molecule has 1 amide bonds. The number of fused-ring (bicyclic) bond motifs is 1. The van der Waals surface area contributed by atoms with E-state index in [1.807, 2.05) is 6.92 Å². The molecule has 144 valence electrons. The van der Waals surface area contributed by atoms with Gasteiger partial charge in [-0.2, -0.15) is 0 Å². The fraction of sp³-hybridized carbons (Fsp3) is 0.588. The van der Waals surface area contributed by atoms with Gasteiger partial charge in [-0.1, -0.05) is 0 Å². The SMILES string of the molecule is COc1cc2c(cc1OC)CN(CCNC(=O)CC(C)N)CC2.Cl.Cl. The van der Waals surface area contributed by atoms with Crippen molar-refractivity contribution in [2.45, 2.75) is 32.4 Å². The van der Waals surface area contributed by atoms with Gasteiger partial charge in [0.15, 0.2) is 11.5 Å². The highest BCUT2D eigenvalue weighted by Crippen LogP contribution is 2.33. The van der Waals surface area contributed by atoms with E-state index in [1.165, 1.54) is 11.1 Å². The third-order valence-corrected chi connectivity index (χ3v) is 4.05. The molecule has 3 N–H and O–H groups in total. The molecular formula is C17H29Cl2N3O3. The fourth-order valence-corrected chi connectivity index (χ4v) is 2.85. The van der Waals surface area contributed by atoms with Crippen molar-refractivity contribution in [3.8, 4) is 11.5 Å². The number of nitrogens with zero attached hydrogens (tertiary/aromatic N) is 1. The minimum absolute atomic E-state index is 0. The summed E-state index contributed by atoms with van der Waals surface area (Å²) in [5.74, 6) is 1.56. The molecule has 25 heavy (non-hydrogen) atoms. The van der Waals surface area contributed by atoms with Crippen molar-refractivity contribution in [2.75, 3.05) is 33.9 Å². The lowest BCUT2D eigenvalue weighted by atomic mass is 9.99. The summed E-state index contributed by atoms with van der Waals surface area (Å²) in [7, 11) is 3.31. The average molecular weight is 394 g/mol. The fourth-order valence-electron chi connectivity index (χ4n) is 2.85. The highest BCUT2D eigenvalue weighted by Gasteiger charge is 2.19. The summed E-state index contributed by atoms with van der Waals surface area (Å²) >= 11 is 0. The van der Waals surface area contributed by atoms with Crippen molar-refractivity contribution < 1.29 is 14.3 Å². The van der Waals surface area contributed by atoms with Crippen LogP contribution in [0.25, 0.3) is 0 Å². The Morgan fingerprint density at radius 1 is 1.24 bits per heavy atom. The minimum atomic E-state index is -0.0979. The minimum Gasteiger partial charge on any atom is -0.493 e. The first-order chi connectivity index (χ1) is 11.0. The first-order valence-electron chi connectivity index (χ1n) is 8.02. The van der Waals surface area contributed by atoms with Crippen molar-refractivity contribution in [1.82, 2.24) is 10.2 Å². The number of ether oxygens (including phenoxy) is 2. The number of nitrogens with one attached hydrogen (secondary N) is 1. The zero-order valence-corrected chi connectivity index (χ0v) is 16.7. The van der Waals surface area contributed by atoms with Gasteiger partial charge in [0.2, 0.25) is 5.91 Å². The molecule has 1 heterocycles. The Balaban J connectivity index is 0.00000288. The van der Waals surface area contributed by atoms with E-state index >= 15 is 0 Å². The lowest BCUT2D eigenvalue weighted by Crippen LogP contribution is -2.39. The molecule has 6 nitrogen and oxygen atoms in total. The molecule has 0 radical (unpaired) electrons. The summed E-state index contributed by atoms with van der Waals surface area (Å²) in [6.45, 7) is 5.15. The van der Waals surface area contributed by atoms with Gasteiger partial charge in [0.05, 0.1) is 14.2 Å². The Bertz CT molecular complexity index is 556. The molecule has 2 rings (SSSR count). The van der Waals surface area contributed by atoms with E-state index in [1.54, 1.807) is 14.2 Å². The highest BCUT2D eigenvalue weighted by atomic mass is 35.5. The molecule has 1 aromatic carbocycles. The second-order valence-corrected chi connectivity index (χ2v) is 6.03. The van der Waals surface area contributed by atoms with Crippen molar-refractivity contribution in [2.24, 2.45) is 5.73 Å². The summed E-state index contributed by atoms with van der Waals surface area (Å²) < 4.78 is 10.7. The summed E-state index contributed by atoms with van der Waals surface area (Å²) in [4.78, 5) is 13.9. The molecule has 0 spiro atoms. The van der Waals surface area contributed by atoms with Crippen LogP contribution in [0.5, 0.6) is 11.5 Å². The lowest BCUT2D eigenvalue weighted by Gasteiger charge is -2.29. The maximum atomic E-state index is 11.6. The van der Waals surface area contributed by atoms with Gasteiger partial charge in [-0.15, -0.1) is 24.8 Å². The van der Waals surface area contributed by atoms with E-state index in [9.17, 15) is 4.79 Å². The molecule has 1 unspecified atom stereocenters. The van der Waals surface area contributed by atoms with Crippen LogP contribution in [0.15, 0.2) is 12.1 Å². The first-order valence-corrected chi connectivity index (χ1v) is 8.02. The van der Waals surface area contributed by atoms with Crippen LogP contribution in [-0.2, 0) is 17.8 Å². The normalized spacial score (nSPS) is 14.4. The van der Waals surface area contributed by atoms with Gasteiger partial charge in [0.25, 0.3) is 0 Å². The smallest absolute Gasteiger partial charge is 0.221 e. The van der Waals surface area contributed by atoms with Gasteiger partial charge in [-0.05, 0) is 36.6 Å². The van der Waals surface area contributed by atoms with Crippen molar-refractivity contribution in [1.29, 1.82) is 0 Å². The zero-order chi connectivity index (χ0) is 16.8. The zero-order valence-electron chi connectivity index (χ0n) is 15.0. The average Bonchev–Trinajstić information content (AvgIpc) is 2.52. The number of carbonyl (C=O) groups is 1. The van der Waals surface area contributed by atoms with Crippen LogP contribution in [0.3, 0.4) is 0 Å². The monoisotopic (exact) mass is 393 g/mol. The number of halogens is 2. The van der Waals surface area contributed by atoms with E-state index in [-0.39, 0.29) is 36.8 Å². The van der Waals surface area contributed by atoms with Gasteiger partial charge < -0.3 is 20.5 Å². The first kappa shape index (κ1) is 23.8. The van der Waals surface area contributed by atoms with Crippen molar-refractivity contribution >= 4 is 30.7 Å². The van der Waals surface area contributed by atoms with Crippen LogP contribution in [0.1, 0.15) is 24.5 Å².